The highest BCUT2D eigenvalue weighted by Crippen LogP contribution is 2.04. The van der Waals surface area contributed by atoms with Crippen LogP contribution in [0.4, 0.5) is 0 Å². The highest BCUT2D eigenvalue weighted by Gasteiger charge is 1.98. The highest BCUT2D eigenvalue weighted by atomic mass is 127. The molecule has 0 fully saturated rings. The zero-order chi connectivity index (χ0) is 14.6. The summed E-state index contributed by atoms with van der Waals surface area (Å²) >= 11 is 0. The molecule has 0 saturated heterocycles. The molecule has 0 heterocycles. The molecule has 0 saturated carbocycles. The first-order valence-corrected chi connectivity index (χ1v) is 7.45. The Morgan fingerprint density at radius 2 is 1.71 bits per heavy atom. The van der Waals surface area contributed by atoms with Crippen molar-refractivity contribution < 1.29 is 5.11 Å². The number of aliphatic hydroxyl groups is 1. The van der Waals surface area contributed by atoms with Crippen molar-refractivity contribution in [2.24, 2.45) is 4.99 Å². The molecule has 120 valence electrons. The van der Waals surface area contributed by atoms with Crippen molar-refractivity contribution >= 4 is 29.9 Å². The molecule has 5 heteroatoms. The van der Waals surface area contributed by atoms with Gasteiger partial charge in [-0.15, -0.1) is 24.0 Å². The molecule has 0 aliphatic heterocycles. The molecule has 3 N–H and O–H groups in total. The summed E-state index contributed by atoms with van der Waals surface area (Å²) in [6, 6.07) is 8.43. The number of benzene rings is 1. The third kappa shape index (κ3) is 9.68. The third-order valence-corrected chi connectivity index (χ3v) is 2.99. The highest BCUT2D eigenvalue weighted by molar-refractivity contribution is 14.0. The summed E-state index contributed by atoms with van der Waals surface area (Å²) in [4.78, 5) is 4.58. The van der Waals surface area contributed by atoms with E-state index in [0.29, 0.717) is 6.54 Å². The maximum Gasteiger partial charge on any atom is 0.191 e. The van der Waals surface area contributed by atoms with Crippen LogP contribution in [0.25, 0.3) is 0 Å². The molecule has 0 bridgehead atoms. The zero-order valence-electron chi connectivity index (χ0n) is 13.1. The molecule has 0 atom stereocenters. The van der Waals surface area contributed by atoms with Crippen LogP contribution in [0.2, 0.25) is 0 Å². The first kappa shape index (κ1) is 20.2. The topological polar surface area (TPSA) is 56.7 Å². The third-order valence-electron chi connectivity index (χ3n) is 2.99. The Morgan fingerprint density at radius 1 is 1.10 bits per heavy atom. The summed E-state index contributed by atoms with van der Waals surface area (Å²) in [5.41, 5.74) is 2.47. The second-order valence-corrected chi connectivity index (χ2v) is 4.93. The lowest BCUT2D eigenvalue weighted by atomic mass is 10.1. The Balaban J connectivity index is 0.00000400. The minimum absolute atomic E-state index is 0. The summed E-state index contributed by atoms with van der Waals surface area (Å²) in [7, 11) is 0. The van der Waals surface area contributed by atoms with Gasteiger partial charge in [-0.25, -0.2) is 4.99 Å². The number of aryl methyl sites for hydroxylation is 1. The predicted octanol–water partition coefficient (Wildman–Crippen LogP) is 2.83. The first-order valence-electron chi connectivity index (χ1n) is 7.45. The fourth-order valence-electron chi connectivity index (χ4n) is 1.71. The van der Waals surface area contributed by atoms with Gasteiger partial charge in [0.15, 0.2) is 5.96 Å². The quantitative estimate of drug-likeness (QED) is 0.270. The summed E-state index contributed by atoms with van der Waals surface area (Å²) < 4.78 is 0. The van der Waals surface area contributed by atoms with E-state index in [1.807, 2.05) is 0 Å². The van der Waals surface area contributed by atoms with E-state index in [9.17, 15) is 0 Å². The van der Waals surface area contributed by atoms with E-state index in [1.54, 1.807) is 0 Å². The van der Waals surface area contributed by atoms with Crippen LogP contribution in [0.5, 0.6) is 0 Å². The molecule has 1 aromatic carbocycles. The van der Waals surface area contributed by atoms with Crippen LogP contribution < -0.4 is 10.6 Å². The SMILES string of the molecule is CCCCNC(=NCc1ccc(C)cc1)NCCCO.I. The van der Waals surface area contributed by atoms with Crippen LogP contribution in [-0.2, 0) is 6.54 Å². The van der Waals surface area contributed by atoms with E-state index in [-0.39, 0.29) is 30.6 Å². The van der Waals surface area contributed by atoms with E-state index < -0.39 is 0 Å². The van der Waals surface area contributed by atoms with Gasteiger partial charge in [-0.1, -0.05) is 43.2 Å². The molecule has 0 spiro atoms. The van der Waals surface area contributed by atoms with Gasteiger partial charge < -0.3 is 15.7 Å². The van der Waals surface area contributed by atoms with Gasteiger partial charge >= 0.3 is 0 Å². The molecule has 0 radical (unpaired) electrons. The van der Waals surface area contributed by atoms with E-state index >= 15 is 0 Å². The summed E-state index contributed by atoms with van der Waals surface area (Å²) in [6.45, 7) is 6.79. The van der Waals surface area contributed by atoms with Crippen molar-refractivity contribution in [3.8, 4) is 0 Å². The Hall–Kier alpha value is -0.820. The molecule has 0 aliphatic carbocycles. The Kier molecular flexibility index (Phi) is 12.4. The Labute approximate surface area is 145 Å². The Morgan fingerprint density at radius 3 is 2.29 bits per heavy atom. The Bertz CT molecular complexity index is 381. The van der Waals surface area contributed by atoms with E-state index in [2.05, 4.69) is 53.7 Å². The molecule has 0 amide bonds. The lowest BCUT2D eigenvalue weighted by molar-refractivity contribution is 0.289. The van der Waals surface area contributed by atoms with Gasteiger partial charge in [-0.05, 0) is 25.3 Å². The van der Waals surface area contributed by atoms with Crippen LogP contribution in [0.1, 0.15) is 37.3 Å². The molecule has 4 nitrogen and oxygen atoms in total. The van der Waals surface area contributed by atoms with Crippen molar-refractivity contribution in [2.45, 2.75) is 39.7 Å². The smallest absolute Gasteiger partial charge is 0.191 e. The van der Waals surface area contributed by atoms with E-state index in [1.165, 1.54) is 11.1 Å². The minimum Gasteiger partial charge on any atom is -0.396 e. The van der Waals surface area contributed by atoms with Gasteiger partial charge in [0.25, 0.3) is 0 Å². The number of rotatable bonds is 8. The van der Waals surface area contributed by atoms with Crippen molar-refractivity contribution in [1.29, 1.82) is 0 Å². The van der Waals surface area contributed by atoms with Crippen LogP contribution in [-0.4, -0.2) is 30.8 Å². The average molecular weight is 405 g/mol. The molecule has 0 aliphatic rings. The van der Waals surface area contributed by atoms with Crippen LogP contribution >= 0.6 is 24.0 Å². The van der Waals surface area contributed by atoms with Crippen molar-refractivity contribution in [2.75, 3.05) is 19.7 Å². The lowest BCUT2D eigenvalue weighted by Gasteiger charge is -2.12. The maximum absolute atomic E-state index is 8.83. The minimum atomic E-state index is 0. The number of nitrogens with one attached hydrogen (secondary N) is 2. The standard InChI is InChI=1S/C16H27N3O.HI/c1-3-4-10-17-16(18-11-5-12-20)19-13-15-8-6-14(2)7-9-15;/h6-9,20H,3-5,10-13H2,1-2H3,(H2,17,18,19);1H. The monoisotopic (exact) mass is 405 g/mol. The molecule has 1 aromatic rings. The molecule has 21 heavy (non-hydrogen) atoms. The van der Waals surface area contributed by atoms with Crippen molar-refractivity contribution in [3.63, 3.8) is 0 Å². The maximum atomic E-state index is 8.83. The molecule has 0 aromatic heterocycles. The normalized spacial score (nSPS) is 10.9. The number of halogens is 1. The largest absolute Gasteiger partial charge is 0.396 e. The molecule has 1 rings (SSSR count). The lowest BCUT2D eigenvalue weighted by Crippen LogP contribution is -2.38. The second-order valence-electron chi connectivity index (χ2n) is 4.93. The fraction of sp³-hybridized carbons (Fsp3) is 0.562. The second kappa shape index (κ2) is 12.9. The van der Waals surface area contributed by atoms with E-state index in [4.69, 9.17) is 5.11 Å². The van der Waals surface area contributed by atoms with Gasteiger partial charge in [0.1, 0.15) is 0 Å². The number of unbranched alkanes of at least 4 members (excludes halogenated alkanes) is 1. The van der Waals surface area contributed by atoms with Crippen molar-refractivity contribution in [1.82, 2.24) is 10.6 Å². The average Bonchev–Trinajstić information content (AvgIpc) is 2.46. The molecular weight excluding hydrogens is 377 g/mol. The van der Waals surface area contributed by atoms with Gasteiger partial charge in [0, 0.05) is 19.7 Å². The number of aliphatic hydroxyl groups excluding tert-OH is 1. The van der Waals surface area contributed by atoms with Gasteiger partial charge in [-0.3, -0.25) is 0 Å². The first-order chi connectivity index (χ1) is 9.76. The predicted molar refractivity (Wildman–Crippen MR) is 100 cm³/mol. The summed E-state index contributed by atoms with van der Waals surface area (Å²) in [5, 5.41) is 15.4. The van der Waals surface area contributed by atoms with Gasteiger partial charge in [0.2, 0.25) is 0 Å². The van der Waals surface area contributed by atoms with Crippen LogP contribution in [0.3, 0.4) is 0 Å². The number of hydrogen-bond acceptors (Lipinski definition) is 2. The van der Waals surface area contributed by atoms with Crippen LogP contribution in [0.15, 0.2) is 29.3 Å². The summed E-state index contributed by atoms with van der Waals surface area (Å²) in [6.07, 6.45) is 3.03. The van der Waals surface area contributed by atoms with Gasteiger partial charge in [-0.2, -0.15) is 0 Å². The molecule has 0 unspecified atom stereocenters. The number of nitrogens with zero attached hydrogens (tertiary/aromatic N) is 1. The fourth-order valence-corrected chi connectivity index (χ4v) is 1.71. The van der Waals surface area contributed by atoms with Crippen molar-refractivity contribution in [3.05, 3.63) is 35.4 Å². The number of hydrogen-bond donors (Lipinski definition) is 3. The van der Waals surface area contributed by atoms with Gasteiger partial charge in [0.05, 0.1) is 6.54 Å². The zero-order valence-corrected chi connectivity index (χ0v) is 15.4. The number of guanidine groups is 1. The number of aliphatic imine (C=N–C) groups is 1. The summed E-state index contributed by atoms with van der Waals surface area (Å²) in [5.74, 6) is 0.826. The van der Waals surface area contributed by atoms with Crippen LogP contribution in [0, 0.1) is 6.92 Å². The molecular formula is C16H28IN3O. The van der Waals surface area contributed by atoms with E-state index in [0.717, 1.165) is 38.3 Å².